The highest BCUT2D eigenvalue weighted by Crippen LogP contribution is 2.15. The van der Waals surface area contributed by atoms with Crippen molar-refractivity contribution in [3.8, 4) is 0 Å². The van der Waals surface area contributed by atoms with Crippen LogP contribution in [0.1, 0.15) is 45.9 Å². The van der Waals surface area contributed by atoms with Gasteiger partial charge in [0.05, 0.1) is 24.1 Å². The number of nitrogens with zero attached hydrogens (tertiary/aromatic N) is 2. The van der Waals surface area contributed by atoms with Crippen LogP contribution in [0.4, 0.5) is 10.6 Å². The Balaban J connectivity index is 2.68. The highest BCUT2D eigenvalue weighted by Gasteiger charge is 2.20. The third kappa shape index (κ3) is 4.57. The summed E-state index contributed by atoms with van der Waals surface area (Å²) in [5.74, 6) is 0.353. The van der Waals surface area contributed by atoms with Gasteiger partial charge in [0.15, 0.2) is 0 Å². The zero-order valence-corrected chi connectivity index (χ0v) is 11.2. The predicted molar refractivity (Wildman–Crippen MR) is 68.8 cm³/mol. The number of hydrogen-bond donors (Lipinski definition) is 2. The van der Waals surface area contributed by atoms with Gasteiger partial charge in [-0.25, -0.2) is 9.78 Å². The SMILES string of the molecule is CC[C@H](NC(=O)OC(C)(C)C)c1cnc(N)cn1. The molecule has 18 heavy (non-hydrogen) atoms. The molecule has 1 aromatic rings. The zero-order chi connectivity index (χ0) is 13.8. The molecule has 0 unspecified atom stereocenters. The maximum Gasteiger partial charge on any atom is 0.408 e. The van der Waals surface area contributed by atoms with E-state index in [1.165, 1.54) is 6.20 Å². The molecule has 100 valence electrons. The molecule has 1 rings (SSSR count). The summed E-state index contributed by atoms with van der Waals surface area (Å²) in [6, 6.07) is -0.229. The van der Waals surface area contributed by atoms with Gasteiger partial charge in [0.1, 0.15) is 11.4 Å². The highest BCUT2D eigenvalue weighted by molar-refractivity contribution is 5.68. The minimum absolute atomic E-state index is 0.229. The molecule has 0 aliphatic carbocycles. The minimum Gasteiger partial charge on any atom is -0.444 e. The fourth-order valence-corrected chi connectivity index (χ4v) is 1.36. The molecule has 0 fully saturated rings. The molecule has 0 aliphatic heterocycles. The average Bonchev–Trinajstić information content (AvgIpc) is 2.25. The molecule has 6 heteroatoms. The average molecular weight is 252 g/mol. The monoisotopic (exact) mass is 252 g/mol. The van der Waals surface area contributed by atoms with Crippen molar-refractivity contribution in [3.05, 3.63) is 18.1 Å². The first-order chi connectivity index (χ1) is 8.31. The van der Waals surface area contributed by atoms with Gasteiger partial charge in [-0.2, -0.15) is 0 Å². The van der Waals surface area contributed by atoms with Crippen LogP contribution in [0.3, 0.4) is 0 Å². The second kappa shape index (κ2) is 5.66. The fourth-order valence-electron chi connectivity index (χ4n) is 1.36. The van der Waals surface area contributed by atoms with Crippen LogP contribution in [-0.4, -0.2) is 21.7 Å². The Kier molecular flexibility index (Phi) is 4.47. The molecule has 3 N–H and O–H groups in total. The number of ether oxygens (including phenoxy) is 1. The van der Waals surface area contributed by atoms with E-state index in [0.29, 0.717) is 17.9 Å². The van der Waals surface area contributed by atoms with Crippen molar-refractivity contribution in [2.24, 2.45) is 0 Å². The van der Waals surface area contributed by atoms with Crippen LogP contribution in [0.15, 0.2) is 12.4 Å². The van der Waals surface area contributed by atoms with Crippen molar-refractivity contribution in [1.29, 1.82) is 0 Å². The molecule has 0 aliphatic rings. The van der Waals surface area contributed by atoms with E-state index in [2.05, 4.69) is 15.3 Å². The van der Waals surface area contributed by atoms with Crippen LogP contribution in [0.25, 0.3) is 0 Å². The Hall–Kier alpha value is -1.85. The summed E-state index contributed by atoms with van der Waals surface area (Å²) in [7, 11) is 0. The van der Waals surface area contributed by atoms with Crippen LogP contribution >= 0.6 is 0 Å². The molecule has 1 aromatic heterocycles. The Morgan fingerprint density at radius 3 is 2.56 bits per heavy atom. The van der Waals surface area contributed by atoms with Crippen molar-refractivity contribution in [1.82, 2.24) is 15.3 Å². The van der Waals surface area contributed by atoms with Gasteiger partial charge < -0.3 is 15.8 Å². The molecule has 1 heterocycles. The maximum absolute atomic E-state index is 11.7. The van der Waals surface area contributed by atoms with Gasteiger partial charge in [-0.1, -0.05) is 6.92 Å². The van der Waals surface area contributed by atoms with Gasteiger partial charge in [-0.05, 0) is 27.2 Å². The molecule has 1 amide bonds. The number of nitrogen functional groups attached to an aromatic ring is 1. The summed E-state index contributed by atoms with van der Waals surface area (Å²) in [5, 5.41) is 2.75. The third-order valence-corrected chi connectivity index (χ3v) is 2.15. The van der Waals surface area contributed by atoms with Crippen LogP contribution in [0.2, 0.25) is 0 Å². The first kappa shape index (κ1) is 14.2. The second-order valence-corrected chi connectivity index (χ2v) is 4.97. The first-order valence-electron chi connectivity index (χ1n) is 5.88. The lowest BCUT2D eigenvalue weighted by atomic mass is 10.1. The lowest BCUT2D eigenvalue weighted by Gasteiger charge is -2.22. The first-order valence-corrected chi connectivity index (χ1v) is 5.88. The fraction of sp³-hybridized carbons (Fsp3) is 0.583. The zero-order valence-electron chi connectivity index (χ0n) is 11.2. The van der Waals surface area contributed by atoms with Crippen molar-refractivity contribution < 1.29 is 9.53 Å². The molecule has 0 saturated heterocycles. The number of hydrogen-bond acceptors (Lipinski definition) is 5. The molecular weight excluding hydrogens is 232 g/mol. The molecule has 0 bridgehead atoms. The summed E-state index contributed by atoms with van der Waals surface area (Å²) in [4.78, 5) is 19.8. The number of carbonyl (C=O) groups excluding carboxylic acids is 1. The molecule has 0 radical (unpaired) electrons. The van der Waals surface area contributed by atoms with Crippen molar-refractivity contribution in [3.63, 3.8) is 0 Å². The summed E-state index contributed by atoms with van der Waals surface area (Å²) < 4.78 is 5.19. The summed E-state index contributed by atoms with van der Waals surface area (Å²) in [6.07, 6.45) is 3.25. The number of nitrogens with one attached hydrogen (secondary N) is 1. The van der Waals surface area contributed by atoms with E-state index < -0.39 is 11.7 Å². The predicted octanol–water partition coefficient (Wildman–Crippen LogP) is 2.03. The number of aromatic nitrogens is 2. The van der Waals surface area contributed by atoms with Crippen LogP contribution < -0.4 is 11.1 Å². The normalized spacial score (nSPS) is 12.9. The summed E-state index contributed by atoms with van der Waals surface area (Å²) >= 11 is 0. The van der Waals surface area contributed by atoms with Gasteiger partial charge in [-0.15, -0.1) is 0 Å². The summed E-state index contributed by atoms with van der Waals surface area (Å²) in [6.45, 7) is 7.39. The van der Waals surface area contributed by atoms with Crippen LogP contribution in [0.5, 0.6) is 0 Å². The molecule has 0 spiro atoms. The van der Waals surface area contributed by atoms with Crippen molar-refractivity contribution in [2.45, 2.75) is 45.8 Å². The molecule has 0 saturated carbocycles. The van der Waals surface area contributed by atoms with E-state index in [1.807, 2.05) is 27.7 Å². The smallest absolute Gasteiger partial charge is 0.408 e. The van der Waals surface area contributed by atoms with Gasteiger partial charge in [0.25, 0.3) is 0 Å². The molecule has 1 atom stereocenters. The lowest BCUT2D eigenvalue weighted by Crippen LogP contribution is -2.35. The number of anilines is 1. The Labute approximate surface area is 107 Å². The Morgan fingerprint density at radius 2 is 2.11 bits per heavy atom. The lowest BCUT2D eigenvalue weighted by molar-refractivity contribution is 0.0501. The second-order valence-electron chi connectivity index (χ2n) is 4.97. The van der Waals surface area contributed by atoms with E-state index in [-0.39, 0.29) is 6.04 Å². The minimum atomic E-state index is -0.519. The van der Waals surface area contributed by atoms with Crippen molar-refractivity contribution >= 4 is 11.9 Å². The van der Waals surface area contributed by atoms with Crippen LogP contribution in [-0.2, 0) is 4.74 Å². The quantitative estimate of drug-likeness (QED) is 0.859. The van der Waals surface area contributed by atoms with Gasteiger partial charge in [0.2, 0.25) is 0 Å². The number of rotatable bonds is 3. The standard InChI is InChI=1S/C12H20N4O2/c1-5-8(9-6-15-10(13)7-14-9)16-11(17)18-12(2,3)4/h6-8H,5H2,1-4H3,(H2,13,15)(H,16,17)/t8-/m0/s1. The molecular formula is C12H20N4O2. The van der Waals surface area contributed by atoms with Gasteiger partial charge in [-0.3, -0.25) is 4.98 Å². The van der Waals surface area contributed by atoms with E-state index in [4.69, 9.17) is 10.5 Å². The van der Waals surface area contributed by atoms with Gasteiger partial charge in [0, 0.05) is 0 Å². The Bertz CT molecular complexity index is 398. The van der Waals surface area contributed by atoms with Gasteiger partial charge >= 0.3 is 6.09 Å². The number of carbonyl (C=O) groups is 1. The molecule has 6 nitrogen and oxygen atoms in total. The number of nitrogens with two attached hydrogens (primary N) is 1. The van der Waals surface area contributed by atoms with Crippen LogP contribution in [0, 0.1) is 0 Å². The molecule has 0 aromatic carbocycles. The summed E-state index contributed by atoms with van der Waals surface area (Å²) in [5.41, 5.74) is 5.61. The maximum atomic E-state index is 11.7. The van der Waals surface area contributed by atoms with E-state index in [9.17, 15) is 4.79 Å². The van der Waals surface area contributed by atoms with E-state index in [0.717, 1.165) is 0 Å². The highest BCUT2D eigenvalue weighted by atomic mass is 16.6. The Morgan fingerprint density at radius 1 is 1.44 bits per heavy atom. The third-order valence-electron chi connectivity index (χ3n) is 2.15. The number of alkyl carbamates (subject to hydrolysis) is 1. The van der Waals surface area contributed by atoms with E-state index >= 15 is 0 Å². The van der Waals surface area contributed by atoms with Crippen molar-refractivity contribution in [2.75, 3.05) is 5.73 Å². The largest absolute Gasteiger partial charge is 0.444 e. The number of amides is 1. The topological polar surface area (TPSA) is 90.1 Å². The van der Waals surface area contributed by atoms with E-state index in [1.54, 1.807) is 6.20 Å².